The second-order valence-electron chi connectivity index (χ2n) is 8.96. The molecule has 37 heavy (non-hydrogen) atoms. The standard InChI is InChI=1S/C23H17Cl5F3N3O3/c24-12-5-10(6-13(25)8-12)16-22(18(32)36,23(16,27)28)11-1-2-15(26)14(7-11)17(35)34-20(3-4-20)19(37)33-9-21(29,30)31/h1-2,5-8,16H,3-4,9H2,(H2,32,36)(H,33,37)(H,34,35). The molecule has 0 bridgehead atoms. The Kier molecular flexibility index (Phi) is 7.12. The second-order valence-corrected chi connectivity index (χ2v) is 11.6. The first-order chi connectivity index (χ1) is 17.0. The molecule has 0 aromatic heterocycles. The molecule has 2 aliphatic rings. The molecule has 0 radical (unpaired) electrons. The molecule has 6 nitrogen and oxygen atoms in total. The largest absolute Gasteiger partial charge is 0.405 e. The Balaban J connectivity index is 1.66. The maximum atomic E-state index is 13.1. The Hall–Kier alpha value is -1.91. The highest BCUT2D eigenvalue weighted by Gasteiger charge is 2.80. The van der Waals surface area contributed by atoms with Gasteiger partial charge in [0.05, 0.1) is 10.6 Å². The predicted octanol–water partition coefficient (Wildman–Crippen LogP) is 5.28. The minimum Gasteiger partial charge on any atom is -0.369 e. The highest BCUT2D eigenvalue weighted by Crippen LogP contribution is 2.74. The number of rotatable bonds is 7. The Labute approximate surface area is 233 Å². The van der Waals surface area contributed by atoms with Crippen LogP contribution in [0.25, 0.3) is 0 Å². The summed E-state index contributed by atoms with van der Waals surface area (Å²) in [7, 11) is 0. The molecule has 2 atom stereocenters. The average Bonchev–Trinajstić information content (AvgIpc) is 3.65. The summed E-state index contributed by atoms with van der Waals surface area (Å²) in [5.41, 5.74) is 3.00. The molecule has 198 valence electrons. The summed E-state index contributed by atoms with van der Waals surface area (Å²) in [6, 6.07) is 8.55. The van der Waals surface area contributed by atoms with Crippen molar-refractivity contribution in [3.8, 4) is 0 Å². The van der Waals surface area contributed by atoms with Crippen molar-refractivity contribution in [1.82, 2.24) is 10.6 Å². The molecule has 0 heterocycles. The molecule has 0 aliphatic heterocycles. The minimum atomic E-state index is -4.61. The van der Waals surface area contributed by atoms with Crippen molar-refractivity contribution in [2.75, 3.05) is 6.54 Å². The lowest BCUT2D eigenvalue weighted by Gasteiger charge is -2.20. The van der Waals surface area contributed by atoms with Gasteiger partial charge in [-0.3, -0.25) is 14.4 Å². The monoisotopic (exact) mass is 615 g/mol. The lowest BCUT2D eigenvalue weighted by atomic mass is 9.88. The van der Waals surface area contributed by atoms with E-state index < -0.39 is 51.6 Å². The third kappa shape index (κ3) is 4.96. The highest BCUT2D eigenvalue weighted by atomic mass is 35.5. The Morgan fingerprint density at radius 2 is 1.59 bits per heavy atom. The fourth-order valence-electron chi connectivity index (χ4n) is 4.53. The molecule has 4 rings (SSSR count). The zero-order valence-electron chi connectivity index (χ0n) is 18.5. The van der Waals surface area contributed by atoms with Gasteiger partial charge in [-0.25, -0.2) is 0 Å². The number of primary amides is 1. The molecular formula is C23H17Cl5F3N3O3. The second kappa shape index (κ2) is 9.38. The molecule has 2 unspecified atom stereocenters. The van der Waals surface area contributed by atoms with Gasteiger partial charge in [-0.2, -0.15) is 13.2 Å². The van der Waals surface area contributed by atoms with E-state index in [2.05, 4.69) is 5.32 Å². The molecule has 4 N–H and O–H groups in total. The van der Waals surface area contributed by atoms with Crippen molar-refractivity contribution in [2.24, 2.45) is 5.73 Å². The quantitative estimate of drug-likeness (QED) is 0.369. The van der Waals surface area contributed by atoms with E-state index in [0.29, 0.717) is 5.56 Å². The molecular weight excluding hydrogens is 601 g/mol. The lowest BCUT2D eigenvalue weighted by Crippen LogP contribution is -2.50. The lowest BCUT2D eigenvalue weighted by molar-refractivity contribution is -0.140. The average molecular weight is 618 g/mol. The van der Waals surface area contributed by atoms with Crippen LogP contribution in [0.2, 0.25) is 15.1 Å². The Morgan fingerprint density at radius 1 is 1.00 bits per heavy atom. The first kappa shape index (κ1) is 28.1. The van der Waals surface area contributed by atoms with E-state index in [9.17, 15) is 27.6 Å². The number of hydrogen-bond donors (Lipinski definition) is 3. The summed E-state index contributed by atoms with van der Waals surface area (Å²) in [5, 5.41) is 4.71. The number of nitrogens with one attached hydrogen (secondary N) is 2. The topological polar surface area (TPSA) is 101 Å². The predicted molar refractivity (Wildman–Crippen MR) is 134 cm³/mol. The molecule has 2 aliphatic carbocycles. The molecule has 2 aromatic rings. The van der Waals surface area contributed by atoms with E-state index in [4.69, 9.17) is 63.7 Å². The Bertz CT molecular complexity index is 1300. The van der Waals surface area contributed by atoms with Crippen LogP contribution < -0.4 is 16.4 Å². The van der Waals surface area contributed by atoms with E-state index in [1.54, 1.807) is 5.32 Å². The van der Waals surface area contributed by atoms with Crippen LogP contribution in [0.15, 0.2) is 36.4 Å². The van der Waals surface area contributed by atoms with Crippen molar-refractivity contribution < 1.29 is 27.6 Å². The normalized spacial score (nSPS) is 23.2. The van der Waals surface area contributed by atoms with Gasteiger partial charge in [-0.1, -0.05) is 64.1 Å². The molecule has 2 fully saturated rings. The number of carbonyl (C=O) groups excluding carboxylic acids is 3. The van der Waals surface area contributed by atoms with Gasteiger partial charge in [-0.05, 0) is 54.3 Å². The third-order valence-corrected chi connectivity index (χ3v) is 8.30. The van der Waals surface area contributed by atoms with Gasteiger partial charge >= 0.3 is 6.18 Å². The van der Waals surface area contributed by atoms with Gasteiger partial charge in [-0.15, -0.1) is 0 Å². The van der Waals surface area contributed by atoms with Crippen LogP contribution >= 0.6 is 58.0 Å². The van der Waals surface area contributed by atoms with Crippen molar-refractivity contribution in [3.63, 3.8) is 0 Å². The summed E-state index contributed by atoms with van der Waals surface area (Å²) in [5.74, 6) is -3.60. The number of benzene rings is 2. The van der Waals surface area contributed by atoms with Crippen molar-refractivity contribution in [2.45, 2.75) is 40.2 Å². The van der Waals surface area contributed by atoms with E-state index in [-0.39, 0.29) is 39.0 Å². The number of nitrogens with two attached hydrogens (primary N) is 1. The number of carbonyl (C=O) groups is 3. The third-order valence-electron chi connectivity index (χ3n) is 6.50. The summed E-state index contributed by atoms with van der Waals surface area (Å²) in [4.78, 5) is 38.2. The van der Waals surface area contributed by atoms with E-state index in [1.807, 2.05) is 0 Å². The van der Waals surface area contributed by atoms with E-state index in [1.165, 1.54) is 36.4 Å². The van der Waals surface area contributed by atoms with Gasteiger partial charge in [0.15, 0.2) is 0 Å². The van der Waals surface area contributed by atoms with Crippen molar-refractivity contribution in [1.29, 1.82) is 0 Å². The van der Waals surface area contributed by atoms with Crippen LogP contribution in [0, 0.1) is 0 Å². The summed E-state index contributed by atoms with van der Waals surface area (Å²) in [6.45, 7) is -1.54. The van der Waals surface area contributed by atoms with Crippen LogP contribution in [-0.2, 0) is 15.0 Å². The van der Waals surface area contributed by atoms with E-state index in [0.717, 1.165) is 0 Å². The van der Waals surface area contributed by atoms with E-state index >= 15 is 0 Å². The number of amides is 3. The summed E-state index contributed by atoms with van der Waals surface area (Å²) < 4.78 is 35.8. The van der Waals surface area contributed by atoms with Gasteiger partial charge in [0.1, 0.15) is 21.8 Å². The minimum absolute atomic E-state index is 0.0508. The van der Waals surface area contributed by atoms with Gasteiger partial charge in [0.25, 0.3) is 5.91 Å². The van der Waals surface area contributed by atoms with Crippen LogP contribution in [0.4, 0.5) is 13.2 Å². The SMILES string of the molecule is NC(=O)C1(c2ccc(Cl)c(C(=O)NC3(C(=O)NCC(F)(F)F)CC3)c2)C(c2cc(Cl)cc(Cl)c2)C1(Cl)Cl. The van der Waals surface area contributed by atoms with Gasteiger partial charge < -0.3 is 16.4 Å². The maximum Gasteiger partial charge on any atom is 0.405 e. The van der Waals surface area contributed by atoms with Crippen LogP contribution in [-0.4, -0.2) is 40.3 Å². The van der Waals surface area contributed by atoms with Crippen LogP contribution in [0.1, 0.15) is 40.2 Å². The Morgan fingerprint density at radius 3 is 2.11 bits per heavy atom. The molecule has 14 heteroatoms. The maximum absolute atomic E-state index is 13.1. The fourth-order valence-corrected chi connectivity index (χ4v) is 6.37. The van der Waals surface area contributed by atoms with Gasteiger partial charge in [0.2, 0.25) is 11.8 Å². The first-order valence-electron chi connectivity index (χ1n) is 10.7. The van der Waals surface area contributed by atoms with Crippen molar-refractivity contribution >= 4 is 75.7 Å². The molecule has 2 aromatic carbocycles. The number of hydrogen-bond acceptors (Lipinski definition) is 3. The van der Waals surface area contributed by atoms with Gasteiger partial charge in [0, 0.05) is 16.0 Å². The smallest absolute Gasteiger partial charge is 0.369 e. The zero-order chi connectivity index (χ0) is 27.6. The van der Waals surface area contributed by atoms with Crippen LogP contribution in [0.5, 0.6) is 0 Å². The fraction of sp³-hybridized carbons (Fsp3) is 0.348. The molecule has 3 amide bonds. The van der Waals surface area contributed by atoms with Crippen molar-refractivity contribution in [3.05, 3.63) is 68.2 Å². The zero-order valence-corrected chi connectivity index (χ0v) is 22.3. The molecule has 0 spiro atoms. The number of halogens is 8. The first-order valence-corrected chi connectivity index (χ1v) is 12.6. The summed E-state index contributed by atoms with van der Waals surface area (Å²) >= 11 is 31.6. The number of alkyl halides is 5. The van der Waals surface area contributed by atoms with Crippen LogP contribution in [0.3, 0.4) is 0 Å². The summed E-state index contributed by atoms with van der Waals surface area (Å²) in [6.07, 6.45) is -4.34. The molecule has 0 saturated heterocycles. The highest BCUT2D eigenvalue weighted by molar-refractivity contribution is 6.55. The molecule has 2 saturated carbocycles.